The van der Waals surface area contributed by atoms with Gasteiger partial charge in [-0.1, -0.05) is 6.07 Å². The summed E-state index contributed by atoms with van der Waals surface area (Å²) in [5, 5.41) is 1.77. The molecule has 0 spiro atoms. The van der Waals surface area contributed by atoms with Gasteiger partial charge in [-0.05, 0) is 11.4 Å². The number of thiophene rings is 1. The van der Waals surface area contributed by atoms with Crippen molar-refractivity contribution < 1.29 is 8.76 Å². The van der Waals surface area contributed by atoms with E-state index in [1.54, 1.807) is 17.5 Å². The average Bonchev–Trinajstić information content (AvgIpc) is 2.12. The van der Waals surface area contributed by atoms with Gasteiger partial charge in [0.05, 0.1) is 0 Å². The maximum atomic E-state index is 10.2. The summed E-state index contributed by atoms with van der Waals surface area (Å²) in [5.41, 5.74) is 0. The SMILES string of the molecule is O=S(O)c1cccs1.[Na]. The number of rotatable bonds is 1. The molecule has 5 heteroatoms. The van der Waals surface area contributed by atoms with E-state index in [1.165, 1.54) is 11.3 Å². The molecule has 1 radical (unpaired) electrons. The Morgan fingerprint density at radius 2 is 2.33 bits per heavy atom. The van der Waals surface area contributed by atoms with Crippen molar-refractivity contribution >= 4 is 52.0 Å². The van der Waals surface area contributed by atoms with Crippen LogP contribution in [0.2, 0.25) is 0 Å². The molecular weight excluding hydrogens is 167 g/mol. The molecule has 1 N–H and O–H groups in total. The van der Waals surface area contributed by atoms with Crippen molar-refractivity contribution in [3.8, 4) is 0 Å². The molecule has 1 heterocycles. The zero-order valence-electron chi connectivity index (χ0n) is 4.90. The molecule has 0 aliphatic rings. The van der Waals surface area contributed by atoms with E-state index in [-0.39, 0.29) is 29.6 Å². The monoisotopic (exact) mass is 171 g/mol. The Bertz CT molecular complexity index is 184. The molecule has 0 aliphatic carbocycles. The molecule has 1 unspecified atom stereocenters. The Hall–Kier alpha value is 0.810. The first kappa shape index (κ1) is 9.81. The summed E-state index contributed by atoms with van der Waals surface area (Å²) >= 11 is -0.498. The van der Waals surface area contributed by atoms with Crippen LogP contribution in [0.1, 0.15) is 0 Å². The number of hydrogen-bond acceptors (Lipinski definition) is 2. The van der Waals surface area contributed by atoms with Crippen LogP contribution in [0.5, 0.6) is 0 Å². The third kappa shape index (κ3) is 2.93. The van der Waals surface area contributed by atoms with Gasteiger partial charge in [0, 0.05) is 29.6 Å². The van der Waals surface area contributed by atoms with E-state index in [0.717, 1.165) is 0 Å². The Labute approximate surface area is 81.9 Å². The molecular formula is C4H4NaO2S2. The Morgan fingerprint density at radius 3 is 2.56 bits per heavy atom. The van der Waals surface area contributed by atoms with E-state index in [4.69, 9.17) is 4.55 Å². The van der Waals surface area contributed by atoms with Crippen LogP contribution in [0.4, 0.5) is 0 Å². The van der Waals surface area contributed by atoms with Crippen molar-refractivity contribution in [2.75, 3.05) is 0 Å². The first-order valence-corrected chi connectivity index (χ1v) is 3.93. The molecule has 1 aromatic heterocycles. The van der Waals surface area contributed by atoms with Gasteiger partial charge in [-0.15, -0.1) is 11.3 Å². The Kier molecular flexibility index (Phi) is 5.01. The van der Waals surface area contributed by atoms with Crippen LogP contribution in [-0.4, -0.2) is 38.3 Å². The summed E-state index contributed by atoms with van der Waals surface area (Å²) < 4.78 is 19.1. The van der Waals surface area contributed by atoms with Crippen LogP contribution < -0.4 is 0 Å². The van der Waals surface area contributed by atoms with Crippen LogP contribution in [0.3, 0.4) is 0 Å². The van der Waals surface area contributed by atoms with Gasteiger partial charge in [-0.25, -0.2) is 4.21 Å². The topological polar surface area (TPSA) is 37.3 Å². The summed E-state index contributed by atoms with van der Waals surface area (Å²) in [6.45, 7) is 0. The van der Waals surface area contributed by atoms with Crippen LogP contribution in [0, 0.1) is 0 Å². The Balaban J connectivity index is 0.000000640. The fourth-order valence-corrected chi connectivity index (χ4v) is 1.50. The summed E-state index contributed by atoms with van der Waals surface area (Å²) in [4.78, 5) is 0. The van der Waals surface area contributed by atoms with Crippen molar-refractivity contribution in [3.63, 3.8) is 0 Å². The number of hydrogen-bond donors (Lipinski definition) is 1. The predicted molar refractivity (Wildman–Crippen MR) is 39.1 cm³/mol. The normalized spacial score (nSPS) is 12.1. The minimum absolute atomic E-state index is 0. The summed E-state index contributed by atoms with van der Waals surface area (Å²) in [6, 6.07) is 3.37. The molecule has 45 valence electrons. The zero-order chi connectivity index (χ0) is 5.98. The first-order valence-electron chi connectivity index (χ1n) is 1.95. The third-order valence-electron chi connectivity index (χ3n) is 0.667. The van der Waals surface area contributed by atoms with Crippen molar-refractivity contribution in [2.45, 2.75) is 4.21 Å². The maximum Gasteiger partial charge on any atom is 0.196 e. The second-order valence-corrected chi connectivity index (χ2v) is 3.33. The van der Waals surface area contributed by atoms with Gasteiger partial charge >= 0.3 is 0 Å². The van der Waals surface area contributed by atoms with Gasteiger partial charge < -0.3 is 4.55 Å². The first-order chi connectivity index (χ1) is 3.80. The molecule has 0 bridgehead atoms. The van der Waals surface area contributed by atoms with Crippen LogP contribution in [-0.2, 0) is 11.1 Å². The fraction of sp³-hybridized carbons (Fsp3) is 0. The van der Waals surface area contributed by atoms with E-state index < -0.39 is 11.1 Å². The molecule has 0 fully saturated rings. The second-order valence-electron chi connectivity index (χ2n) is 1.18. The van der Waals surface area contributed by atoms with Gasteiger partial charge in [0.2, 0.25) is 0 Å². The summed E-state index contributed by atoms with van der Waals surface area (Å²) in [7, 11) is 0. The van der Waals surface area contributed by atoms with E-state index in [9.17, 15) is 4.21 Å². The smallest absolute Gasteiger partial charge is 0.196 e. The van der Waals surface area contributed by atoms with E-state index in [2.05, 4.69) is 0 Å². The molecule has 0 amide bonds. The summed E-state index contributed by atoms with van der Waals surface area (Å²) in [5.74, 6) is 0. The van der Waals surface area contributed by atoms with Crippen molar-refractivity contribution in [1.29, 1.82) is 0 Å². The van der Waals surface area contributed by atoms with E-state index in [1.807, 2.05) is 0 Å². The van der Waals surface area contributed by atoms with Gasteiger partial charge in [0.1, 0.15) is 4.21 Å². The molecule has 9 heavy (non-hydrogen) atoms. The molecule has 0 aromatic carbocycles. The van der Waals surface area contributed by atoms with Crippen LogP contribution >= 0.6 is 11.3 Å². The van der Waals surface area contributed by atoms with Gasteiger partial charge in [0.15, 0.2) is 11.1 Å². The zero-order valence-corrected chi connectivity index (χ0v) is 8.54. The van der Waals surface area contributed by atoms with Crippen molar-refractivity contribution in [1.82, 2.24) is 0 Å². The van der Waals surface area contributed by atoms with Crippen molar-refractivity contribution in [2.24, 2.45) is 0 Å². The average molecular weight is 171 g/mol. The third-order valence-corrected chi connectivity index (χ3v) is 2.53. The maximum absolute atomic E-state index is 10.2. The quantitative estimate of drug-likeness (QED) is 0.504. The molecule has 1 rings (SSSR count). The van der Waals surface area contributed by atoms with Gasteiger partial charge in [-0.3, -0.25) is 0 Å². The molecule has 2 nitrogen and oxygen atoms in total. The van der Waals surface area contributed by atoms with E-state index >= 15 is 0 Å². The minimum atomic E-state index is -1.78. The molecule has 0 aliphatic heterocycles. The standard InChI is InChI=1S/C4H4O2S2.Na/c5-8(6)4-2-1-3-7-4;/h1-3H,(H,5,6);. The van der Waals surface area contributed by atoms with E-state index in [0.29, 0.717) is 4.21 Å². The molecule has 0 saturated carbocycles. The van der Waals surface area contributed by atoms with Crippen LogP contribution in [0.15, 0.2) is 21.7 Å². The fourth-order valence-electron chi connectivity index (χ4n) is 0.363. The molecule has 1 atom stereocenters. The molecule has 0 saturated heterocycles. The minimum Gasteiger partial charge on any atom is -0.302 e. The Morgan fingerprint density at radius 1 is 1.67 bits per heavy atom. The van der Waals surface area contributed by atoms with Gasteiger partial charge in [0.25, 0.3) is 0 Å². The van der Waals surface area contributed by atoms with Crippen molar-refractivity contribution in [3.05, 3.63) is 17.5 Å². The second kappa shape index (κ2) is 4.60. The van der Waals surface area contributed by atoms with Crippen LogP contribution in [0.25, 0.3) is 0 Å². The van der Waals surface area contributed by atoms with Gasteiger partial charge in [-0.2, -0.15) is 0 Å². The summed E-state index contributed by atoms with van der Waals surface area (Å²) in [6.07, 6.45) is 0. The molecule has 1 aromatic rings. The largest absolute Gasteiger partial charge is 0.302 e. The predicted octanol–water partition coefficient (Wildman–Crippen LogP) is 0.948.